The van der Waals surface area contributed by atoms with Gasteiger partial charge in [-0.3, -0.25) is 4.79 Å². The summed E-state index contributed by atoms with van der Waals surface area (Å²) in [6, 6.07) is 5.76. The average molecular weight is 349 g/mol. The highest BCUT2D eigenvalue weighted by Crippen LogP contribution is 2.15. The van der Waals surface area contributed by atoms with E-state index in [4.69, 9.17) is 0 Å². The highest BCUT2D eigenvalue weighted by molar-refractivity contribution is 9.11. The first kappa shape index (κ1) is 11.1. The number of pyridine rings is 1. The van der Waals surface area contributed by atoms with Crippen molar-refractivity contribution in [2.75, 3.05) is 0 Å². The highest BCUT2D eigenvalue weighted by Gasteiger charge is 2.04. The molecule has 2 aromatic heterocycles. The predicted octanol–water partition coefficient (Wildman–Crippen LogP) is 3.48. The van der Waals surface area contributed by atoms with Gasteiger partial charge in [0.15, 0.2) is 0 Å². The van der Waals surface area contributed by atoms with Crippen molar-refractivity contribution >= 4 is 43.2 Å². The minimum absolute atomic E-state index is 0.00778. The molecular weight excluding hydrogens is 342 g/mol. The standard InChI is InChI=1S/C10H7Br2NOS/c11-7-4-9(12)10(14)13(5-7)6-8-2-1-3-15-8/h1-5H,6H2. The van der Waals surface area contributed by atoms with E-state index in [1.807, 2.05) is 17.5 Å². The van der Waals surface area contributed by atoms with Crippen molar-refractivity contribution in [2.24, 2.45) is 0 Å². The van der Waals surface area contributed by atoms with E-state index in [0.29, 0.717) is 11.0 Å². The summed E-state index contributed by atoms with van der Waals surface area (Å²) in [6.45, 7) is 0.620. The quantitative estimate of drug-likeness (QED) is 0.814. The zero-order chi connectivity index (χ0) is 10.8. The van der Waals surface area contributed by atoms with Crippen molar-refractivity contribution in [2.45, 2.75) is 6.54 Å². The van der Waals surface area contributed by atoms with E-state index in [2.05, 4.69) is 31.9 Å². The van der Waals surface area contributed by atoms with Crippen LogP contribution in [0, 0.1) is 0 Å². The topological polar surface area (TPSA) is 22.0 Å². The van der Waals surface area contributed by atoms with Crippen molar-refractivity contribution in [1.29, 1.82) is 0 Å². The molecule has 0 aromatic carbocycles. The molecule has 0 radical (unpaired) electrons. The molecule has 2 nitrogen and oxygen atoms in total. The van der Waals surface area contributed by atoms with Crippen LogP contribution >= 0.6 is 43.2 Å². The maximum atomic E-state index is 11.7. The molecule has 15 heavy (non-hydrogen) atoms. The lowest BCUT2D eigenvalue weighted by Gasteiger charge is -2.05. The number of thiophene rings is 1. The molecule has 0 aliphatic rings. The van der Waals surface area contributed by atoms with Crippen LogP contribution in [0.15, 0.2) is 43.5 Å². The first-order chi connectivity index (χ1) is 7.16. The number of hydrogen-bond acceptors (Lipinski definition) is 2. The molecule has 2 rings (SSSR count). The lowest BCUT2D eigenvalue weighted by atomic mass is 10.4. The number of halogens is 2. The maximum absolute atomic E-state index is 11.7. The van der Waals surface area contributed by atoms with Gasteiger partial charge in [0.05, 0.1) is 11.0 Å². The van der Waals surface area contributed by atoms with Gasteiger partial charge in [-0.25, -0.2) is 0 Å². The predicted molar refractivity (Wildman–Crippen MR) is 69.5 cm³/mol. The van der Waals surface area contributed by atoms with Crippen molar-refractivity contribution < 1.29 is 0 Å². The summed E-state index contributed by atoms with van der Waals surface area (Å²) in [5, 5.41) is 2.01. The van der Waals surface area contributed by atoms with Crippen LogP contribution in [0.2, 0.25) is 0 Å². The van der Waals surface area contributed by atoms with E-state index >= 15 is 0 Å². The van der Waals surface area contributed by atoms with E-state index < -0.39 is 0 Å². The summed E-state index contributed by atoms with van der Waals surface area (Å²) in [5.74, 6) is 0. The molecule has 0 aliphatic heterocycles. The molecule has 0 N–H and O–H groups in total. The molecule has 0 amide bonds. The van der Waals surface area contributed by atoms with E-state index in [0.717, 1.165) is 4.47 Å². The number of rotatable bonds is 2. The molecular formula is C10H7Br2NOS. The van der Waals surface area contributed by atoms with Crippen molar-refractivity contribution in [3.05, 3.63) is 54.0 Å². The normalized spacial score (nSPS) is 10.5. The summed E-state index contributed by atoms with van der Waals surface area (Å²) < 4.78 is 3.15. The Kier molecular flexibility index (Phi) is 3.43. The van der Waals surface area contributed by atoms with Crippen molar-refractivity contribution in [3.63, 3.8) is 0 Å². The Labute approximate surface area is 108 Å². The van der Waals surface area contributed by atoms with Gasteiger partial charge in [-0.15, -0.1) is 11.3 Å². The molecule has 2 heterocycles. The van der Waals surface area contributed by atoms with Gasteiger partial charge in [-0.2, -0.15) is 0 Å². The van der Waals surface area contributed by atoms with E-state index in [-0.39, 0.29) is 5.56 Å². The fourth-order valence-corrected chi connectivity index (χ4v) is 3.21. The number of hydrogen-bond donors (Lipinski definition) is 0. The van der Waals surface area contributed by atoms with Gasteiger partial charge in [0, 0.05) is 15.5 Å². The second-order valence-electron chi connectivity index (χ2n) is 3.02. The molecule has 0 saturated heterocycles. The fraction of sp³-hybridized carbons (Fsp3) is 0.100. The van der Waals surface area contributed by atoms with E-state index in [9.17, 15) is 4.79 Å². The van der Waals surface area contributed by atoms with Gasteiger partial charge in [-0.1, -0.05) is 6.07 Å². The van der Waals surface area contributed by atoms with Crippen molar-refractivity contribution in [3.8, 4) is 0 Å². The minimum atomic E-state index is -0.00778. The maximum Gasteiger partial charge on any atom is 0.265 e. The van der Waals surface area contributed by atoms with Crippen LogP contribution in [0.1, 0.15) is 4.88 Å². The first-order valence-electron chi connectivity index (χ1n) is 4.24. The Morgan fingerprint density at radius 1 is 1.40 bits per heavy atom. The lowest BCUT2D eigenvalue weighted by molar-refractivity contribution is 0.762. The summed E-state index contributed by atoms with van der Waals surface area (Å²) in [6.07, 6.45) is 1.80. The lowest BCUT2D eigenvalue weighted by Crippen LogP contribution is -2.20. The van der Waals surface area contributed by atoms with Crippen LogP contribution in [-0.4, -0.2) is 4.57 Å². The Balaban J connectivity index is 2.41. The molecule has 0 bridgehead atoms. The largest absolute Gasteiger partial charge is 0.308 e. The summed E-state index contributed by atoms with van der Waals surface area (Å²) in [7, 11) is 0. The highest BCUT2D eigenvalue weighted by atomic mass is 79.9. The van der Waals surface area contributed by atoms with Crippen LogP contribution in [0.4, 0.5) is 0 Å². The Bertz CT molecular complexity index is 519. The van der Waals surface area contributed by atoms with Crippen molar-refractivity contribution in [1.82, 2.24) is 4.57 Å². The van der Waals surface area contributed by atoms with Gasteiger partial charge in [-0.05, 0) is 49.4 Å². The van der Waals surface area contributed by atoms with Crippen LogP contribution in [0.5, 0.6) is 0 Å². The fourth-order valence-electron chi connectivity index (χ4n) is 1.25. The summed E-state index contributed by atoms with van der Waals surface area (Å²) >= 11 is 8.25. The Morgan fingerprint density at radius 2 is 2.20 bits per heavy atom. The minimum Gasteiger partial charge on any atom is -0.308 e. The van der Waals surface area contributed by atoms with Gasteiger partial charge >= 0.3 is 0 Å². The Morgan fingerprint density at radius 3 is 2.87 bits per heavy atom. The molecule has 0 fully saturated rings. The molecule has 0 atom stereocenters. The second-order valence-corrected chi connectivity index (χ2v) is 5.82. The Hall–Kier alpha value is -0.390. The molecule has 0 aliphatic carbocycles. The molecule has 0 unspecified atom stereocenters. The van der Waals surface area contributed by atoms with Crippen LogP contribution in [0.25, 0.3) is 0 Å². The second kappa shape index (κ2) is 4.63. The van der Waals surface area contributed by atoms with Gasteiger partial charge in [0.25, 0.3) is 5.56 Å². The molecule has 0 saturated carbocycles. The first-order valence-corrected chi connectivity index (χ1v) is 6.71. The van der Waals surface area contributed by atoms with Crippen LogP contribution < -0.4 is 5.56 Å². The zero-order valence-corrected chi connectivity index (χ0v) is 11.6. The average Bonchev–Trinajstić information content (AvgIpc) is 2.66. The summed E-state index contributed by atoms with van der Waals surface area (Å²) in [4.78, 5) is 12.9. The van der Waals surface area contributed by atoms with Gasteiger partial charge in [0.2, 0.25) is 0 Å². The van der Waals surface area contributed by atoms with Gasteiger partial charge < -0.3 is 4.57 Å². The third kappa shape index (κ3) is 2.59. The van der Waals surface area contributed by atoms with E-state index in [1.165, 1.54) is 4.88 Å². The van der Waals surface area contributed by atoms with Crippen LogP contribution in [-0.2, 0) is 6.54 Å². The van der Waals surface area contributed by atoms with E-state index in [1.54, 1.807) is 28.2 Å². The monoisotopic (exact) mass is 347 g/mol. The third-order valence-corrected chi connectivity index (χ3v) is 3.78. The van der Waals surface area contributed by atoms with Crippen LogP contribution in [0.3, 0.4) is 0 Å². The third-order valence-electron chi connectivity index (χ3n) is 1.92. The molecule has 2 aromatic rings. The molecule has 78 valence electrons. The summed E-state index contributed by atoms with van der Waals surface area (Å²) in [5.41, 5.74) is -0.00778. The SMILES string of the molecule is O=c1c(Br)cc(Br)cn1Cc1cccs1. The number of nitrogens with zero attached hydrogens (tertiary/aromatic N) is 1. The molecule has 5 heteroatoms. The van der Waals surface area contributed by atoms with Gasteiger partial charge in [0.1, 0.15) is 0 Å². The number of aromatic nitrogens is 1. The smallest absolute Gasteiger partial charge is 0.265 e. The zero-order valence-electron chi connectivity index (χ0n) is 7.61. The molecule has 0 spiro atoms.